The highest BCUT2D eigenvalue weighted by atomic mass is 32.2. The number of hydrogen-bond acceptors (Lipinski definition) is 5. The Morgan fingerprint density at radius 2 is 2.04 bits per heavy atom. The van der Waals surface area contributed by atoms with Crippen LogP contribution in [0.5, 0.6) is 0 Å². The van der Waals surface area contributed by atoms with Crippen LogP contribution >= 0.6 is 11.3 Å². The molecule has 0 aliphatic rings. The minimum atomic E-state index is -2.21. The fourth-order valence-electron chi connectivity index (χ4n) is 2.19. The summed E-state index contributed by atoms with van der Waals surface area (Å²) in [6.45, 7) is 1.99. The molecular formula is C16H17N3O2S2. The maximum atomic E-state index is 12.4. The van der Waals surface area contributed by atoms with Gasteiger partial charge >= 0.3 is 0 Å². The van der Waals surface area contributed by atoms with Crippen LogP contribution in [0.1, 0.15) is 12.7 Å². The standard InChI is InChI=1S/C16H17N3O2S2/c1-3-23(2,21)17-9-13-18-15(20)14-12(10-22-16(14)19-13)11-7-5-4-6-8-11/h4-8,10H,3,9H2,1-2H3,(H,18,19,20). The number of hydrogen-bond donors (Lipinski definition) is 1. The minimum absolute atomic E-state index is 0.160. The lowest BCUT2D eigenvalue weighted by molar-refractivity contribution is 0.678. The van der Waals surface area contributed by atoms with Gasteiger partial charge in [-0.2, -0.15) is 0 Å². The SMILES string of the molecule is CCS(C)(=O)=NCc1nc2scc(-c3ccccc3)c2c(=O)[nH]1. The first-order valence-electron chi connectivity index (χ1n) is 7.21. The Morgan fingerprint density at radius 3 is 2.74 bits per heavy atom. The Kier molecular flexibility index (Phi) is 4.32. The van der Waals surface area contributed by atoms with Crippen molar-refractivity contribution in [2.24, 2.45) is 4.36 Å². The van der Waals surface area contributed by atoms with Gasteiger partial charge in [-0.1, -0.05) is 37.3 Å². The van der Waals surface area contributed by atoms with Crippen molar-refractivity contribution in [3.63, 3.8) is 0 Å². The molecule has 0 amide bonds. The van der Waals surface area contributed by atoms with E-state index in [-0.39, 0.29) is 12.1 Å². The molecule has 5 nitrogen and oxygen atoms in total. The molecule has 0 radical (unpaired) electrons. The summed E-state index contributed by atoms with van der Waals surface area (Å²) in [4.78, 5) is 20.4. The normalized spacial score (nSPS) is 13.8. The predicted octanol–water partition coefficient (Wildman–Crippen LogP) is 3.27. The Bertz CT molecular complexity index is 1010. The third-order valence-electron chi connectivity index (χ3n) is 3.60. The van der Waals surface area contributed by atoms with Crippen LogP contribution in [0.25, 0.3) is 21.3 Å². The average Bonchev–Trinajstić information content (AvgIpc) is 2.98. The van der Waals surface area contributed by atoms with Crippen molar-refractivity contribution in [3.05, 3.63) is 51.9 Å². The first kappa shape index (κ1) is 15.9. The minimum Gasteiger partial charge on any atom is -0.308 e. The Morgan fingerprint density at radius 1 is 1.30 bits per heavy atom. The number of nitrogens with zero attached hydrogens (tertiary/aromatic N) is 2. The number of aromatic amines is 1. The van der Waals surface area contributed by atoms with E-state index in [1.807, 2.05) is 42.6 Å². The van der Waals surface area contributed by atoms with Crippen LogP contribution in [0.3, 0.4) is 0 Å². The van der Waals surface area contributed by atoms with Crippen molar-refractivity contribution in [1.29, 1.82) is 0 Å². The predicted molar refractivity (Wildman–Crippen MR) is 96.4 cm³/mol. The zero-order valence-corrected chi connectivity index (χ0v) is 14.5. The monoisotopic (exact) mass is 347 g/mol. The lowest BCUT2D eigenvalue weighted by Gasteiger charge is -2.02. The van der Waals surface area contributed by atoms with Gasteiger partial charge in [-0.3, -0.25) is 9.00 Å². The third-order valence-corrected chi connectivity index (χ3v) is 6.22. The number of rotatable bonds is 4. The summed E-state index contributed by atoms with van der Waals surface area (Å²) in [7, 11) is -2.21. The van der Waals surface area contributed by atoms with Crippen LogP contribution < -0.4 is 5.56 Å². The number of fused-ring (bicyclic) bond motifs is 1. The van der Waals surface area contributed by atoms with Gasteiger partial charge in [0.1, 0.15) is 17.2 Å². The van der Waals surface area contributed by atoms with Crippen LogP contribution in [0.2, 0.25) is 0 Å². The van der Waals surface area contributed by atoms with Crippen LogP contribution in [-0.2, 0) is 16.3 Å². The fraction of sp³-hybridized carbons (Fsp3) is 0.250. The number of H-pyrrole nitrogens is 1. The summed E-state index contributed by atoms with van der Waals surface area (Å²) in [6.07, 6.45) is 1.61. The molecule has 1 unspecified atom stereocenters. The molecule has 1 aromatic carbocycles. The molecule has 23 heavy (non-hydrogen) atoms. The molecule has 0 saturated heterocycles. The topological polar surface area (TPSA) is 75.2 Å². The molecule has 0 fully saturated rings. The van der Waals surface area contributed by atoms with E-state index >= 15 is 0 Å². The van der Waals surface area contributed by atoms with Crippen LogP contribution in [0.15, 0.2) is 44.9 Å². The van der Waals surface area contributed by atoms with Crippen molar-refractivity contribution in [2.45, 2.75) is 13.5 Å². The zero-order chi connectivity index (χ0) is 16.4. The van der Waals surface area contributed by atoms with Gasteiger partial charge < -0.3 is 4.98 Å². The fourth-order valence-corrected chi connectivity index (χ4v) is 3.73. The maximum Gasteiger partial charge on any atom is 0.260 e. The molecule has 0 spiro atoms. The number of nitrogens with one attached hydrogen (secondary N) is 1. The molecule has 3 rings (SSSR count). The highest BCUT2D eigenvalue weighted by Crippen LogP contribution is 2.30. The van der Waals surface area contributed by atoms with Crippen molar-refractivity contribution in [1.82, 2.24) is 9.97 Å². The van der Waals surface area contributed by atoms with Crippen LogP contribution in [0, 0.1) is 0 Å². The van der Waals surface area contributed by atoms with Gasteiger partial charge in [-0.05, 0) is 5.56 Å². The van der Waals surface area contributed by atoms with Gasteiger partial charge in [-0.25, -0.2) is 9.35 Å². The number of thiophene rings is 1. The van der Waals surface area contributed by atoms with Gasteiger partial charge in [0.05, 0.1) is 5.39 Å². The molecule has 3 aromatic rings. The molecule has 0 saturated carbocycles. The lowest BCUT2D eigenvalue weighted by Crippen LogP contribution is -2.11. The summed E-state index contributed by atoms with van der Waals surface area (Å²) in [5.41, 5.74) is 1.70. The largest absolute Gasteiger partial charge is 0.308 e. The quantitative estimate of drug-likeness (QED) is 0.787. The smallest absolute Gasteiger partial charge is 0.260 e. The zero-order valence-electron chi connectivity index (χ0n) is 12.9. The molecule has 0 aliphatic carbocycles. The summed E-state index contributed by atoms with van der Waals surface area (Å²) < 4.78 is 16.1. The molecular weight excluding hydrogens is 330 g/mol. The van der Waals surface area contributed by atoms with Crippen molar-refractivity contribution < 1.29 is 4.21 Å². The van der Waals surface area contributed by atoms with E-state index in [9.17, 15) is 9.00 Å². The number of aromatic nitrogens is 2. The molecule has 2 heterocycles. The van der Waals surface area contributed by atoms with E-state index in [0.29, 0.717) is 21.8 Å². The first-order chi connectivity index (χ1) is 11.0. The second kappa shape index (κ2) is 6.25. The average molecular weight is 347 g/mol. The molecule has 2 aromatic heterocycles. The maximum absolute atomic E-state index is 12.4. The molecule has 0 aliphatic heterocycles. The van der Waals surface area contributed by atoms with Crippen molar-refractivity contribution in [3.8, 4) is 11.1 Å². The Balaban J connectivity index is 2.07. The second-order valence-corrected chi connectivity index (χ2v) is 8.86. The van der Waals surface area contributed by atoms with E-state index in [1.165, 1.54) is 11.3 Å². The highest BCUT2D eigenvalue weighted by molar-refractivity contribution is 7.92. The van der Waals surface area contributed by atoms with Crippen molar-refractivity contribution >= 4 is 31.3 Å². The van der Waals surface area contributed by atoms with Gasteiger partial charge in [0.2, 0.25) is 0 Å². The third kappa shape index (κ3) is 3.35. The molecule has 1 N–H and O–H groups in total. The summed E-state index contributed by atoms with van der Waals surface area (Å²) in [5.74, 6) is 0.934. The first-order valence-corrected chi connectivity index (χ1v) is 10.2. The van der Waals surface area contributed by atoms with Gasteiger partial charge in [0.15, 0.2) is 0 Å². The second-order valence-electron chi connectivity index (χ2n) is 5.24. The summed E-state index contributed by atoms with van der Waals surface area (Å²) >= 11 is 1.43. The highest BCUT2D eigenvalue weighted by Gasteiger charge is 2.12. The lowest BCUT2D eigenvalue weighted by atomic mass is 10.1. The molecule has 1 atom stereocenters. The molecule has 7 heteroatoms. The summed E-state index contributed by atoms with van der Waals surface area (Å²) in [5, 5.41) is 2.54. The van der Waals surface area contributed by atoms with Gasteiger partial charge in [-0.15, -0.1) is 11.3 Å². The number of benzene rings is 1. The molecule has 0 bridgehead atoms. The van der Waals surface area contributed by atoms with Gasteiger partial charge in [0, 0.05) is 32.7 Å². The van der Waals surface area contributed by atoms with Crippen LogP contribution in [-0.4, -0.2) is 26.2 Å². The van der Waals surface area contributed by atoms with E-state index < -0.39 is 9.73 Å². The van der Waals surface area contributed by atoms with E-state index in [1.54, 1.807) is 6.26 Å². The molecule has 120 valence electrons. The van der Waals surface area contributed by atoms with Crippen LogP contribution in [0.4, 0.5) is 0 Å². The van der Waals surface area contributed by atoms with Crippen molar-refractivity contribution in [2.75, 3.05) is 12.0 Å². The Hall–Kier alpha value is -1.99. The Labute approximate surface area is 138 Å². The summed E-state index contributed by atoms with van der Waals surface area (Å²) in [6, 6.07) is 9.76. The van der Waals surface area contributed by atoms with E-state index in [4.69, 9.17) is 0 Å². The van der Waals surface area contributed by atoms with Gasteiger partial charge in [0.25, 0.3) is 5.56 Å². The van der Waals surface area contributed by atoms with E-state index in [2.05, 4.69) is 14.3 Å². The van der Waals surface area contributed by atoms with E-state index in [0.717, 1.165) is 11.1 Å².